The van der Waals surface area contributed by atoms with Crippen LogP contribution in [-0.4, -0.2) is 12.2 Å². The smallest absolute Gasteiger partial charge is 0.121 e. The van der Waals surface area contributed by atoms with Gasteiger partial charge >= 0.3 is 0 Å². The zero-order valence-electron chi connectivity index (χ0n) is 9.08. The molecule has 1 N–H and O–H groups in total. The molecule has 0 saturated heterocycles. The zero-order valence-corrected chi connectivity index (χ0v) is 9.08. The Kier molecular flexibility index (Phi) is 3.96. The predicted octanol–water partition coefficient (Wildman–Crippen LogP) is 2.84. The molecule has 14 heavy (non-hydrogen) atoms. The van der Waals surface area contributed by atoms with Gasteiger partial charge < -0.3 is 9.84 Å². The molecule has 0 heterocycles. The van der Waals surface area contributed by atoms with Crippen molar-refractivity contribution in [2.75, 3.05) is 7.11 Å². The Balaban J connectivity index is 2.85. The third-order valence-electron chi connectivity index (χ3n) is 2.37. The summed E-state index contributed by atoms with van der Waals surface area (Å²) in [5, 5.41) is 9.77. The summed E-state index contributed by atoms with van der Waals surface area (Å²) < 4.78 is 5.16. The lowest BCUT2D eigenvalue weighted by Crippen LogP contribution is -1.98. The molecule has 1 aromatic carbocycles. The highest BCUT2D eigenvalue weighted by atomic mass is 16.5. The summed E-state index contributed by atoms with van der Waals surface area (Å²) in [6.45, 7) is 4.06. The third-order valence-corrected chi connectivity index (χ3v) is 2.37. The minimum atomic E-state index is -0.343. The molecular formula is C12H18O2. The van der Waals surface area contributed by atoms with Crippen molar-refractivity contribution in [3.05, 3.63) is 29.3 Å². The number of ether oxygens (including phenoxy) is 1. The number of aryl methyl sites for hydroxylation is 1. The van der Waals surface area contributed by atoms with Gasteiger partial charge in [-0.25, -0.2) is 0 Å². The van der Waals surface area contributed by atoms with E-state index < -0.39 is 0 Å². The molecule has 0 bridgehead atoms. The highest BCUT2D eigenvalue weighted by Crippen LogP contribution is 2.24. The standard InChI is InChI=1S/C12H18O2/c1-4-5-11(13)10-6-7-12(14-3)9(2)8-10/h6-8,11,13H,4-5H2,1-3H3/t11-/m0/s1. The van der Waals surface area contributed by atoms with Crippen LogP contribution < -0.4 is 4.74 Å². The van der Waals surface area contributed by atoms with E-state index in [9.17, 15) is 5.11 Å². The van der Waals surface area contributed by atoms with Gasteiger partial charge in [0.25, 0.3) is 0 Å². The fourth-order valence-corrected chi connectivity index (χ4v) is 1.55. The topological polar surface area (TPSA) is 29.5 Å². The molecule has 0 fully saturated rings. The van der Waals surface area contributed by atoms with Crippen LogP contribution in [0.15, 0.2) is 18.2 Å². The number of benzene rings is 1. The number of hydrogen-bond donors (Lipinski definition) is 1. The summed E-state index contributed by atoms with van der Waals surface area (Å²) in [5.41, 5.74) is 2.05. The second-order valence-corrected chi connectivity index (χ2v) is 3.53. The van der Waals surface area contributed by atoms with Crippen LogP contribution in [0.2, 0.25) is 0 Å². The monoisotopic (exact) mass is 194 g/mol. The second-order valence-electron chi connectivity index (χ2n) is 3.53. The van der Waals surface area contributed by atoms with Gasteiger partial charge in [-0.15, -0.1) is 0 Å². The van der Waals surface area contributed by atoms with Gasteiger partial charge in [-0.2, -0.15) is 0 Å². The van der Waals surface area contributed by atoms with Crippen molar-refractivity contribution in [2.45, 2.75) is 32.8 Å². The first kappa shape index (κ1) is 11.1. The Morgan fingerprint density at radius 3 is 2.64 bits per heavy atom. The Bertz CT molecular complexity index is 294. The maximum Gasteiger partial charge on any atom is 0.121 e. The summed E-state index contributed by atoms with van der Waals surface area (Å²) in [6, 6.07) is 5.81. The number of aliphatic hydroxyl groups is 1. The summed E-state index contributed by atoms with van der Waals surface area (Å²) in [7, 11) is 1.66. The Hall–Kier alpha value is -1.02. The fourth-order valence-electron chi connectivity index (χ4n) is 1.55. The molecule has 1 atom stereocenters. The van der Waals surface area contributed by atoms with E-state index in [1.165, 1.54) is 0 Å². The Morgan fingerprint density at radius 1 is 1.43 bits per heavy atom. The van der Waals surface area contributed by atoms with E-state index in [-0.39, 0.29) is 6.10 Å². The molecule has 0 aliphatic heterocycles. The van der Waals surface area contributed by atoms with Crippen molar-refractivity contribution >= 4 is 0 Å². The number of aliphatic hydroxyl groups excluding tert-OH is 1. The maximum atomic E-state index is 9.77. The average Bonchev–Trinajstić information content (AvgIpc) is 2.18. The van der Waals surface area contributed by atoms with Gasteiger partial charge in [-0.1, -0.05) is 19.4 Å². The van der Waals surface area contributed by atoms with Crippen LogP contribution in [0.4, 0.5) is 0 Å². The molecule has 0 radical (unpaired) electrons. The first-order chi connectivity index (χ1) is 6.69. The summed E-state index contributed by atoms with van der Waals surface area (Å²) >= 11 is 0. The van der Waals surface area contributed by atoms with Crippen LogP contribution in [-0.2, 0) is 0 Å². The molecule has 1 aromatic rings. The molecule has 0 spiro atoms. The number of rotatable bonds is 4. The van der Waals surface area contributed by atoms with E-state index in [0.29, 0.717) is 0 Å². The lowest BCUT2D eigenvalue weighted by atomic mass is 10.0. The molecule has 1 rings (SSSR count). The fraction of sp³-hybridized carbons (Fsp3) is 0.500. The molecule has 0 aromatic heterocycles. The minimum Gasteiger partial charge on any atom is -0.496 e. The van der Waals surface area contributed by atoms with E-state index >= 15 is 0 Å². The van der Waals surface area contributed by atoms with E-state index in [1.54, 1.807) is 7.11 Å². The number of hydrogen-bond acceptors (Lipinski definition) is 2. The van der Waals surface area contributed by atoms with Gasteiger partial charge in [-0.3, -0.25) is 0 Å². The second kappa shape index (κ2) is 5.01. The predicted molar refractivity (Wildman–Crippen MR) is 57.6 cm³/mol. The molecule has 78 valence electrons. The van der Waals surface area contributed by atoms with Gasteiger partial charge in [0, 0.05) is 0 Å². The van der Waals surface area contributed by atoms with Crippen LogP contribution in [0.5, 0.6) is 5.75 Å². The van der Waals surface area contributed by atoms with E-state index in [4.69, 9.17) is 4.74 Å². The zero-order chi connectivity index (χ0) is 10.6. The molecule has 0 amide bonds. The van der Waals surface area contributed by atoms with Gasteiger partial charge in [-0.05, 0) is 36.6 Å². The Labute approximate surface area is 85.5 Å². The van der Waals surface area contributed by atoms with Crippen molar-refractivity contribution in [2.24, 2.45) is 0 Å². The van der Waals surface area contributed by atoms with E-state index in [0.717, 1.165) is 29.7 Å². The van der Waals surface area contributed by atoms with Crippen LogP contribution in [0.25, 0.3) is 0 Å². The van der Waals surface area contributed by atoms with Gasteiger partial charge in [0.1, 0.15) is 5.75 Å². The maximum absolute atomic E-state index is 9.77. The summed E-state index contributed by atoms with van der Waals surface area (Å²) in [4.78, 5) is 0. The van der Waals surface area contributed by atoms with Crippen LogP contribution in [0.1, 0.15) is 37.0 Å². The first-order valence-electron chi connectivity index (χ1n) is 5.01. The van der Waals surface area contributed by atoms with Crippen molar-refractivity contribution in [1.82, 2.24) is 0 Å². The van der Waals surface area contributed by atoms with Gasteiger partial charge in [0.05, 0.1) is 13.2 Å². The highest BCUT2D eigenvalue weighted by molar-refractivity contribution is 5.36. The molecule has 0 unspecified atom stereocenters. The lowest BCUT2D eigenvalue weighted by molar-refractivity contribution is 0.166. The van der Waals surface area contributed by atoms with E-state index in [1.807, 2.05) is 25.1 Å². The summed E-state index contributed by atoms with van der Waals surface area (Å²) in [6.07, 6.45) is 1.46. The quantitative estimate of drug-likeness (QED) is 0.798. The number of methoxy groups -OCH3 is 1. The molecule has 0 saturated carbocycles. The van der Waals surface area contributed by atoms with Crippen molar-refractivity contribution in [1.29, 1.82) is 0 Å². The van der Waals surface area contributed by atoms with Crippen LogP contribution in [0, 0.1) is 6.92 Å². The van der Waals surface area contributed by atoms with Crippen molar-refractivity contribution in [3.63, 3.8) is 0 Å². The molecule has 0 aliphatic carbocycles. The molecular weight excluding hydrogens is 176 g/mol. The normalized spacial score (nSPS) is 12.6. The lowest BCUT2D eigenvalue weighted by Gasteiger charge is -2.12. The van der Waals surface area contributed by atoms with Crippen molar-refractivity contribution in [3.8, 4) is 5.75 Å². The molecule has 0 aliphatic rings. The molecule has 2 heteroatoms. The SMILES string of the molecule is CCC[C@H](O)c1ccc(OC)c(C)c1. The van der Waals surface area contributed by atoms with Crippen molar-refractivity contribution < 1.29 is 9.84 Å². The minimum absolute atomic E-state index is 0.343. The first-order valence-corrected chi connectivity index (χ1v) is 5.01. The molecule has 2 nitrogen and oxygen atoms in total. The van der Waals surface area contributed by atoms with E-state index in [2.05, 4.69) is 6.92 Å². The average molecular weight is 194 g/mol. The van der Waals surface area contributed by atoms with Crippen LogP contribution in [0.3, 0.4) is 0 Å². The highest BCUT2D eigenvalue weighted by Gasteiger charge is 2.07. The summed E-state index contributed by atoms with van der Waals surface area (Å²) in [5.74, 6) is 0.873. The van der Waals surface area contributed by atoms with Gasteiger partial charge in [0.15, 0.2) is 0 Å². The van der Waals surface area contributed by atoms with Gasteiger partial charge in [0.2, 0.25) is 0 Å². The largest absolute Gasteiger partial charge is 0.496 e. The third kappa shape index (κ3) is 2.48. The van der Waals surface area contributed by atoms with Crippen LogP contribution >= 0.6 is 0 Å². The Morgan fingerprint density at radius 2 is 2.14 bits per heavy atom.